The molecule has 0 aromatic heterocycles. The van der Waals surface area contributed by atoms with Gasteiger partial charge in [0.05, 0.1) is 29.3 Å². The number of rotatable bonds is 6. The Hall–Kier alpha value is -2.57. The Kier molecular flexibility index (Phi) is 8.15. The van der Waals surface area contributed by atoms with Gasteiger partial charge in [-0.05, 0) is 56.2 Å². The first-order chi connectivity index (χ1) is 17.9. The molecular weight excluding hydrogens is 529 g/mol. The molecule has 3 unspecified atom stereocenters. The Morgan fingerprint density at radius 1 is 1.21 bits per heavy atom. The van der Waals surface area contributed by atoms with Gasteiger partial charge < -0.3 is 30.2 Å². The summed E-state index contributed by atoms with van der Waals surface area (Å²) in [5.74, 6) is -0.542. The molecule has 2 aliphatic heterocycles. The number of hydrogen-bond donors (Lipinski definition) is 3. The van der Waals surface area contributed by atoms with E-state index in [9.17, 15) is 37.8 Å². The minimum Gasteiger partial charge on any atom is -0.394 e. The maximum atomic E-state index is 13.1. The highest BCUT2D eigenvalue weighted by Crippen LogP contribution is 2.53. The predicted molar refractivity (Wildman–Crippen MR) is 132 cm³/mol. The predicted octanol–water partition coefficient (Wildman–Crippen LogP) is 2.94. The second-order valence-electron chi connectivity index (χ2n) is 10.4. The molecule has 4 rings (SSSR count). The minimum absolute atomic E-state index is 0.0162. The van der Waals surface area contributed by atoms with Gasteiger partial charge in [0.25, 0.3) is 0 Å². The number of hydrogen-bond acceptors (Lipinski definition) is 5. The maximum Gasteiger partial charge on any atom is 0.417 e. The molecule has 0 radical (unpaired) electrons. The number of amides is 4. The van der Waals surface area contributed by atoms with Crippen LogP contribution < -0.4 is 5.32 Å². The van der Waals surface area contributed by atoms with Crippen LogP contribution in [0.5, 0.6) is 0 Å². The fourth-order valence-corrected chi connectivity index (χ4v) is 5.62. The third kappa shape index (κ3) is 5.86. The topological polar surface area (TPSA) is 113 Å². The van der Waals surface area contributed by atoms with E-state index in [0.717, 1.165) is 37.5 Å². The first kappa shape index (κ1) is 28.4. The van der Waals surface area contributed by atoms with Gasteiger partial charge in [0.2, 0.25) is 11.8 Å². The molecule has 3 fully saturated rings. The van der Waals surface area contributed by atoms with E-state index >= 15 is 0 Å². The van der Waals surface area contributed by atoms with Crippen LogP contribution in [0.25, 0.3) is 0 Å². The van der Waals surface area contributed by atoms with E-state index in [2.05, 4.69) is 5.32 Å². The number of halogens is 4. The molecule has 210 valence electrons. The lowest BCUT2D eigenvalue weighted by molar-refractivity contribution is -0.144. The van der Waals surface area contributed by atoms with Gasteiger partial charge >= 0.3 is 12.2 Å². The van der Waals surface area contributed by atoms with Crippen LogP contribution in [0.2, 0.25) is 5.02 Å². The second kappa shape index (κ2) is 10.9. The number of nitrogens with zero attached hydrogens (tertiary/aromatic N) is 3. The summed E-state index contributed by atoms with van der Waals surface area (Å²) in [6, 6.07) is 0.666. The quantitative estimate of drug-likeness (QED) is 0.495. The molecule has 1 aromatic carbocycles. The van der Waals surface area contributed by atoms with Gasteiger partial charge in [-0.3, -0.25) is 9.59 Å². The molecule has 2 heterocycles. The molecule has 38 heavy (non-hydrogen) atoms. The molecular formula is C25H32ClF3N4O5. The molecule has 1 aromatic rings. The molecule has 0 bridgehead atoms. The van der Waals surface area contributed by atoms with E-state index in [4.69, 9.17) is 11.6 Å². The Morgan fingerprint density at radius 2 is 1.92 bits per heavy atom. The van der Waals surface area contributed by atoms with Crippen molar-refractivity contribution in [2.24, 2.45) is 5.41 Å². The molecule has 3 atom stereocenters. The van der Waals surface area contributed by atoms with Crippen LogP contribution in [0.4, 0.5) is 23.7 Å². The molecule has 4 amide bonds. The van der Waals surface area contributed by atoms with E-state index in [1.165, 1.54) is 16.7 Å². The highest BCUT2D eigenvalue weighted by atomic mass is 35.5. The van der Waals surface area contributed by atoms with Gasteiger partial charge in [-0.15, -0.1) is 0 Å². The molecule has 9 nitrogen and oxygen atoms in total. The van der Waals surface area contributed by atoms with Crippen molar-refractivity contribution >= 4 is 35.1 Å². The number of carbonyl (C=O) groups excluding carboxylic acids is 3. The monoisotopic (exact) mass is 560 g/mol. The molecule has 1 saturated carbocycles. The summed E-state index contributed by atoms with van der Waals surface area (Å²) < 4.78 is 38.8. The number of alkyl halides is 3. The van der Waals surface area contributed by atoms with Crippen LogP contribution in [0.15, 0.2) is 18.2 Å². The molecule has 13 heteroatoms. The first-order valence-corrected chi connectivity index (χ1v) is 13.1. The fraction of sp³-hybridized carbons (Fsp3) is 0.640. The van der Waals surface area contributed by atoms with Gasteiger partial charge in [0, 0.05) is 38.3 Å². The summed E-state index contributed by atoms with van der Waals surface area (Å²) in [5.41, 5.74) is -0.985. The van der Waals surface area contributed by atoms with E-state index in [1.54, 1.807) is 4.90 Å². The average molecular weight is 561 g/mol. The number of likely N-dealkylation sites (tertiary alicyclic amines) is 1. The zero-order valence-corrected chi connectivity index (χ0v) is 21.8. The Balaban J connectivity index is 1.31. The van der Waals surface area contributed by atoms with E-state index in [1.807, 2.05) is 0 Å². The lowest BCUT2D eigenvalue weighted by Crippen LogP contribution is -2.61. The third-order valence-corrected chi connectivity index (χ3v) is 8.36. The van der Waals surface area contributed by atoms with E-state index < -0.39 is 46.9 Å². The highest BCUT2D eigenvalue weighted by Gasteiger charge is 2.51. The van der Waals surface area contributed by atoms with Crippen LogP contribution in [0.3, 0.4) is 0 Å². The Bertz CT molecular complexity index is 1080. The van der Waals surface area contributed by atoms with E-state index in [0.29, 0.717) is 13.1 Å². The number of β-amino-alcohol motifs (C(OH)–C–C–N with tert-alkyl or cyclic N) is 1. The standard InChI is InChI=1S/C25H32ClF3N4O5/c1-15-22(37)33(17(14-34)3-5-21(36)31-9-8-24(6-7-24)20(35)13-31)11-10-32(15)23(38)30-16-2-4-18(19(26)12-16)25(27,28)29/h2,4,12,15,17,20,34-35H,3,5-11,13-14H2,1H3,(H,30,38). The number of carbonyl (C=O) groups is 3. The average Bonchev–Trinajstić information content (AvgIpc) is 3.63. The van der Waals surface area contributed by atoms with Crippen molar-refractivity contribution in [3.05, 3.63) is 28.8 Å². The summed E-state index contributed by atoms with van der Waals surface area (Å²) in [7, 11) is 0. The number of benzene rings is 1. The third-order valence-electron chi connectivity index (χ3n) is 8.04. The molecule has 3 N–H and O–H groups in total. The van der Waals surface area contributed by atoms with Crippen LogP contribution in [-0.4, -0.2) is 93.7 Å². The SMILES string of the molecule is CC1C(=O)N(C(CO)CCC(=O)N2CCC3(CC3)C(O)C2)CCN1C(=O)Nc1ccc(C(F)(F)F)c(Cl)c1. The maximum absolute atomic E-state index is 13.1. The molecule has 1 aliphatic carbocycles. The van der Waals surface area contributed by atoms with Crippen LogP contribution >= 0.6 is 11.6 Å². The van der Waals surface area contributed by atoms with Crippen LogP contribution in [0, 0.1) is 5.41 Å². The number of urea groups is 1. The minimum atomic E-state index is -4.63. The largest absolute Gasteiger partial charge is 0.417 e. The van der Waals surface area contributed by atoms with Gasteiger partial charge in [-0.2, -0.15) is 13.2 Å². The van der Waals surface area contributed by atoms with Crippen molar-refractivity contribution in [3.63, 3.8) is 0 Å². The van der Waals surface area contributed by atoms with Crippen molar-refractivity contribution in [2.45, 2.75) is 63.4 Å². The summed E-state index contributed by atoms with van der Waals surface area (Å²) in [5, 5.41) is 22.2. The van der Waals surface area contributed by atoms with Crippen molar-refractivity contribution in [1.82, 2.24) is 14.7 Å². The normalized spacial score (nSPS) is 24.0. The second-order valence-corrected chi connectivity index (χ2v) is 10.8. The summed E-state index contributed by atoms with van der Waals surface area (Å²) in [6.45, 7) is 2.31. The van der Waals surface area contributed by atoms with Crippen molar-refractivity contribution in [3.8, 4) is 0 Å². The highest BCUT2D eigenvalue weighted by molar-refractivity contribution is 6.31. The zero-order valence-electron chi connectivity index (χ0n) is 21.0. The van der Waals surface area contributed by atoms with Gasteiger partial charge in [0.1, 0.15) is 6.04 Å². The van der Waals surface area contributed by atoms with Crippen molar-refractivity contribution in [1.29, 1.82) is 0 Å². The number of aliphatic hydroxyl groups excluding tert-OH is 2. The lowest BCUT2D eigenvalue weighted by Gasteiger charge is -2.42. The van der Waals surface area contributed by atoms with Gasteiger partial charge in [-0.1, -0.05) is 11.6 Å². The number of piperidine rings is 1. The van der Waals surface area contributed by atoms with Crippen LogP contribution in [-0.2, 0) is 15.8 Å². The van der Waals surface area contributed by atoms with E-state index in [-0.39, 0.29) is 49.5 Å². The van der Waals surface area contributed by atoms with Gasteiger partial charge in [-0.25, -0.2) is 4.79 Å². The number of aliphatic hydroxyl groups is 2. The lowest BCUT2D eigenvalue weighted by atomic mass is 9.90. The summed E-state index contributed by atoms with van der Waals surface area (Å²) >= 11 is 5.72. The van der Waals surface area contributed by atoms with Crippen molar-refractivity contribution < 1.29 is 37.8 Å². The number of nitrogens with one attached hydrogen (secondary N) is 1. The Labute approximate surface area is 223 Å². The van der Waals surface area contributed by atoms with Crippen molar-refractivity contribution in [2.75, 3.05) is 38.1 Å². The smallest absolute Gasteiger partial charge is 0.394 e. The van der Waals surface area contributed by atoms with Gasteiger partial charge in [0.15, 0.2) is 0 Å². The fourth-order valence-electron chi connectivity index (χ4n) is 5.33. The molecule has 2 saturated heterocycles. The molecule has 1 spiro atoms. The van der Waals surface area contributed by atoms with Crippen LogP contribution in [0.1, 0.15) is 44.6 Å². The summed E-state index contributed by atoms with van der Waals surface area (Å²) in [4.78, 5) is 43.0. The molecule has 3 aliphatic rings. The zero-order chi connectivity index (χ0) is 27.8. The first-order valence-electron chi connectivity index (χ1n) is 12.7. The Morgan fingerprint density at radius 3 is 2.50 bits per heavy atom. The number of anilines is 1. The summed E-state index contributed by atoms with van der Waals surface area (Å²) in [6.07, 6.45) is -2.03. The number of piperazine rings is 1.